The van der Waals surface area contributed by atoms with Crippen LogP contribution in [0.1, 0.15) is 73.1 Å². The summed E-state index contributed by atoms with van der Waals surface area (Å²) in [5.74, 6) is 2.61. The second-order valence-corrected chi connectivity index (χ2v) is 7.20. The first-order valence-electron chi connectivity index (χ1n) is 8.36. The molecule has 0 amide bonds. The van der Waals surface area contributed by atoms with E-state index >= 15 is 0 Å². The quantitative estimate of drug-likeness (QED) is 0.492. The fourth-order valence-corrected chi connectivity index (χ4v) is 3.00. The number of rotatable bonds is 2. The van der Waals surface area contributed by atoms with Crippen LogP contribution in [0.2, 0.25) is 0 Å². The van der Waals surface area contributed by atoms with E-state index in [4.69, 9.17) is 0 Å². The Labute approximate surface area is 127 Å². The van der Waals surface area contributed by atoms with Crippen LogP contribution in [0.4, 0.5) is 0 Å². The molecule has 2 aliphatic rings. The van der Waals surface area contributed by atoms with E-state index in [1.807, 2.05) is 0 Å². The molecule has 0 bridgehead atoms. The summed E-state index contributed by atoms with van der Waals surface area (Å²) < 4.78 is 0. The minimum Gasteiger partial charge on any atom is -0.0998 e. The molecule has 2 atom stereocenters. The molecule has 0 saturated heterocycles. The van der Waals surface area contributed by atoms with Crippen molar-refractivity contribution in [2.45, 2.75) is 73.1 Å². The zero-order valence-electron chi connectivity index (χ0n) is 14.3. The van der Waals surface area contributed by atoms with Gasteiger partial charge in [0, 0.05) is 0 Å². The monoisotopic (exact) mass is 274 g/mol. The van der Waals surface area contributed by atoms with Crippen LogP contribution in [0.5, 0.6) is 0 Å². The molecule has 2 rings (SSSR count). The van der Waals surface area contributed by atoms with Gasteiger partial charge in [-0.3, -0.25) is 0 Å². The van der Waals surface area contributed by atoms with Crippen molar-refractivity contribution in [1.82, 2.24) is 0 Å². The van der Waals surface area contributed by atoms with Crippen LogP contribution in [0.15, 0.2) is 35.5 Å². The Bertz CT molecular complexity index is 367. The lowest BCUT2D eigenvalue weighted by atomic mass is 9.83. The second-order valence-electron chi connectivity index (χ2n) is 7.20. The van der Waals surface area contributed by atoms with Gasteiger partial charge < -0.3 is 0 Å². The summed E-state index contributed by atoms with van der Waals surface area (Å²) >= 11 is 0. The van der Waals surface area contributed by atoms with Crippen molar-refractivity contribution in [3.63, 3.8) is 0 Å². The van der Waals surface area contributed by atoms with Gasteiger partial charge in [0.15, 0.2) is 0 Å². The van der Waals surface area contributed by atoms with Gasteiger partial charge in [-0.05, 0) is 77.0 Å². The predicted octanol–water partition coefficient (Wildman–Crippen LogP) is 6.70. The van der Waals surface area contributed by atoms with Gasteiger partial charge in [-0.25, -0.2) is 0 Å². The first-order chi connectivity index (χ1) is 9.40. The average molecular weight is 274 g/mol. The molecular weight excluding hydrogens is 240 g/mol. The summed E-state index contributed by atoms with van der Waals surface area (Å²) in [5, 5.41) is 0. The SMILES string of the molecule is C=C(C)[C@@H]1CC=C(C)CC1.CC1=CC[C@@H](C(C)C)CC1. The lowest BCUT2D eigenvalue weighted by molar-refractivity contribution is 0.350. The van der Waals surface area contributed by atoms with Crippen molar-refractivity contribution in [3.8, 4) is 0 Å². The van der Waals surface area contributed by atoms with Crippen molar-refractivity contribution >= 4 is 0 Å². The zero-order chi connectivity index (χ0) is 15.1. The van der Waals surface area contributed by atoms with E-state index in [1.165, 1.54) is 44.1 Å². The van der Waals surface area contributed by atoms with E-state index in [1.54, 1.807) is 11.1 Å². The van der Waals surface area contributed by atoms with Crippen LogP contribution in [-0.4, -0.2) is 0 Å². The largest absolute Gasteiger partial charge is 0.0998 e. The Morgan fingerprint density at radius 1 is 1.05 bits per heavy atom. The molecule has 114 valence electrons. The predicted molar refractivity (Wildman–Crippen MR) is 91.8 cm³/mol. The molecule has 2 aliphatic carbocycles. The fourth-order valence-electron chi connectivity index (χ4n) is 3.00. The summed E-state index contributed by atoms with van der Waals surface area (Å²) in [6, 6.07) is 0. The van der Waals surface area contributed by atoms with E-state index < -0.39 is 0 Å². The maximum atomic E-state index is 3.97. The van der Waals surface area contributed by atoms with Gasteiger partial charge in [0.2, 0.25) is 0 Å². The van der Waals surface area contributed by atoms with Gasteiger partial charge in [0.1, 0.15) is 0 Å². The molecule has 20 heavy (non-hydrogen) atoms. The smallest absolute Gasteiger partial charge is 0.0171 e. The third-order valence-electron chi connectivity index (χ3n) is 4.96. The maximum Gasteiger partial charge on any atom is -0.0171 e. The van der Waals surface area contributed by atoms with Crippen LogP contribution in [0, 0.1) is 17.8 Å². The third kappa shape index (κ3) is 6.11. The minimum absolute atomic E-state index is 0.767. The van der Waals surface area contributed by atoms with Gasteiger partial charge in [-0.2, -0.15) is 0 Å². The Morgan fingerprint density at radius 2 is 1.60 bits per heavy atom. The van der Waals surface area contributed by atoms with Crippen LogP contribution < -0.4 is 0 Å². The molecule has 0 radical (unpaired) electrons. The lowest BCUT2D eigenvalue weighted by Gasteiger charge is -2.23. The van der Waals surface area contributed by atoms with Gasteiger partial charge in [0.05, 0.1) is 0 Å². The molecule has 0 aromatic rings. The molecule has 0 saturated carbocycles. The Kier molecular flexibility index (Phi) is 7.34. The van der Waals surface area contributed by atoms with Crippen LogP contribution in [-0.2, 0) is 0 Å². The molecule has 0 N–H and O–H groups in total. The standard InChI is InChI=1S/C10H18.C10H16/c2*1-8(2)10-6-4-9(3)5-7-10/h4,8,10H,5-7H2,1-3H3;4,10H,1,5-7H2,2-3H3/t2*10-/m11/s1. The molecule has 0 heteroatoms. The summed E-state index contributed by atoms with van der Waals surface area (Å²) in [7, 11) is 0. The van der Waals surface area contributed by atoms with Gasteiger partial charge in [0.25, 0.3) is 0 Å². The Morgan fingerprint density at radius 3 is 1.95 bits per heavy atom. The molecule has 0 aromatic carbocycles. The molecular formula is C20H34. The second kappa shape index (κ2) is 8.49. The molecule has 0 heterocycles. The zero-order valence-corrected chi connectivity index (χ0v) is 14.3. The summed E-state index contributed by atoms with van der Waals surface area (Å²) in [6.45, 7) is 15.2. The van der Waals surface area contributed by atoms with Crippen molar-refractivity contribution in [1.29, 1.82) is 0 Å². The minimum atomic E-state index is 0.767. The summed E-state index contributed by atoms with van der Waals surface area (Å²) in [5.41, 5.74) is 4.50. The lowest BCUT2D eigenvalue weighted by Crippen LogP contribution is -2.10. The fraction of sp³-hybridized carbons (Fsp3) is 0.700. The van der Waals surface area contributed by atoms with Crippen LogP contribution in [0.25, 0.3) is 0 Å². The van der Waals surface area contributed by atoms with Crippen LogP contribution in [0.3, 0.4) is 0 Å². The van der Waals surface area contributed by atoms with Gasteiger partial charge in [-0.15, -0.1) is 0 Å². The highest BCUT2D eigenvalue weighted by Crippen LogP contribution is 2.28. The molecule has 0 nitrogen and oxygen atoms in total. The molecule has 0 unspecified atom stereocenters. The van der Waals surface area contributed by atoms with Crippen molar-refractivity contribution in [3.05, 3.63) is 35.5 Å². The van der Waals surface area contributed by atoms with Crippen LogP contribution >= 0.6 is 0 Å². The average Bonchev–Trinajstić information content (AvgIpc) is 2.40. The third-order valence-corrected chi connectivity index (χ3v) is 4.96. The Balaban J connectivity index is 0.000000200. The molecule has 0 aromatic heterocycles. The van der Waals surface area contributed by atoms with Crippen molar-refractivity contribution in [2.75, 3.05) is 0 Å². The summed E-state index contributed by atoms with van der Waals surface area (Å²) in [6.07, 6.45) is 12.7. The highest BCUT2D eigenvalue weighted by atomic mass is 14.2. The molecule has 0 spiro atoms. The van der Waals surface area contributed by atoms with E-state index in [0.29, 0.717) is 0 Å². The van der Waals surface area contributed by atoms with Gasteiger partial charge >= 0.3 is 0 Å². The summed E-state index contributed by atoms with van der Waals surface area (Å²) in [4.78, 5) is 0. The normalized spacial score (nSPS) is 26.3. The van der Waals surface area contributed by atoms with E-state index in [-0.39, 0.29) is 0 Å². The van der Waals surface area contributed by atoms with Crippen molar-refractivity contribution in [2.24, 2.45) is 17.8 Å². The van der Waals surface area contributed by atoms with Crippen molar-refractivity contribution < 1.29 is 0 Å². The molecule has 0 aliphatic heterocycles. The van der Waals surface area contributed by atoms with E-state index in [9.17, 15) is 0 Å². The topological polar surface area (TPSA) is 0 Å². The highest BCUT2D eigenvalue weighted by molar-refractivity contribution is 5.09. The number of hydrogen-bond acceptors (Lipinski definition) is 0. The Hall–Kier alpha value is -0.780. The van der Waals surface area contributed by atoms with Gasteiger partial charge in [-0.1, -0.05) is 49.3 Å². The van der Waals surface area contributed by atoms with E-state index in [0.717, 1.165) is 17.8 Å². The highest BCUT2D eigenvalue weighted by Gasteiger charge is 2.15. The number of hydrogen-bond donors (Lipinski definition) is 0. The first-order valence-corrected chi connectivity index (χ1v) is 8.36. The maximum absolute atomic E-state index is 3.97. The first kappa shape index (κ1) is 17.3. The molecule has 0 fully saturated rings. The van der Waals surface area contributed by atoms with E-state index in [2.05, 4.69) is 53.3 Å². The number of allylic oxidation sites excluding steroid dienone is 5.